The number of para-hydroxylation sites is 1. The van der Waals surface area contributed by atoms with Gasteiger partial charge in [-0.25, -0.2) is 10.2 Å². The Hall–Kier alpha value is -4.81. The average molecular weight is 729 g/mol. The molecule has 0 atom stereocenters. The van der Waals surface area contributed by atoms with Crippen molar-refractivity contribution in [3.05, 3.63) is 111 Å². The lowest BCUT2D eigenvalue weighted by Gasteiger charge is -2.13. The number of carbonyl (C=O) groups is 2. The molecule has 242 valence electrons. The zero-order valence-electron chi connectivity index (χ0n) is 24.9. The molecular formula is C34H26BrClF3N3O5. The van der Waals surface area contributed by atoms with Gasteiger partial charge in [0.15, 0.2) is 11.5 Å². The van der Waals surface area contributed by atoms with E-state index in [9.17, 15) is 22.8 Å². The molecule has 0 fully saturated rings. The first-order valence-electron chi connectivity index (χ1n) is 14.2. The number of nitrogens with zero attached hydrogens (tertiary/aromatic N) is 1. The first kappa shape index (κ1) is 33.6. The Kier molecular flexibility index (Phi) is 10.2. The summed E-state index contributed by atoms with van der Waals surface area (Å²) in [7, 11) is 0. The number of benzene rings is 4. The number of alkyl halides is 3. The molecule has 0 saturated carbocycles. The highest BCUT2D eigenvalue weighted by Gasteiger charge is 2.35. The highest BCUT2D eigenvalue weighted by Crippen LogP contribution is 2.41. The van der Waals surface area contributed by atoms with Crippen LogP contribution in [0.25, 0.3) is 22.0 Å². The van der Waals surface area contributed by atoms with E-state index in [1.54, 1.807) is 48.5 Å². The molecule has 0 radical (unpaired) electrons. The summed E-state index contributed by atoms with van der Waals surface area (Å²) in [5, 5.41) is 4.42. The predicted molar refractivity (Wildman–Crippen MR) is 177 cm³/mol. The minimum Gasteiger partial charge on any atom is -0.490 e. The molecule has 1 amide bonds. The summed E-state index contributed by atoms with van der Waals surface area (Å²) in [5.74, 6) is -0.509. The third kappa shape index (κ3) is 7.44. The molecule has 2 N–H and O–H groups in total. The normalized spacial score (nSPS) is 11.6. The van der Waals surface area contributed by atoms with Gasteiger partial charge in [-0.05, 0) is 62.4 Å². The fraction of sp³-hybridized carbons (Fsp3) is 0.147. The number of ether oxygens (including phenoxy) is 3. The quantitative estimate of drug-likeness (QED) is 0.0647. The van der Waals surface area contributed by atoms with E-state index in [0.29, 0.717) is 40.3 Å². The van der Waals surface area contributed by atoms with Crippen LogP contribution in [-0.2, 0) is 6.18 Å². The SMILES string of the molecule is CCOc1ccc(C(=O)Oc2ccc(Br)cc2C=NNC(=O)c2[nH]c3c(C(F)(F)F)cccc3c2-c2ccccc2Cl)cc1OCC. The largest absolute Gasteiger partial charge is 0.490 e. The van der Waals surface area contributed by atoms with Gasteiger partial charge in [-0.15, -0.1) is 0 Å². The Bertz CT molecular complexity index is 1990. The second kappa shape index (κ2) is 14.3. The Morgan fingerprint density at radius 3 is 2.38 bits per heavy atom. The molecule has 13 heteroatoms. The van der Waals surface area contributed by atoms with Gasteiger partial charge in [-0.1, -0.05) is 57.9 Å². The van der Waals surface area contributed by atoms with Crippen LogP contribution in [-0.4, -0.2) is 36.3 Å². The van der Waals surface area contributed by atoms with Gasteiger partial charge in [0, 0.05) is 31.6 Å². The Balaban J connectivity index is 1.44. The Morgan fingerprint density at radius 1 is 0.936 bits per heavy atom. The van der Waals surface area contributed by atoms with Gasteiger partial charge in [0.05, 0.1) is 36.1 Å². The van der Waals surface area contributed by atoms with E-state index in [4.69, 9.17) is 25.8 Å². The van der Waals surface area contributed by atoms with Gasteiger partial charge in [0.2, 0.25) is 0 Å². The second-order valence-corrected chi connectivity index (χ2v) is 11.2. The molecule has 0 aliphatic carbocycles. The Labute approximate surface area is 280 Å². The van der Waals surface area contributed by atoms with Crippen LogP contribution in [0, 0.1) is 0 Å². The van der Waals surface area contributed by atoms with E-state index in [-0.39, 0.29) is 38.5 Å². The van der Waals surface area contributed by atoms with Crippen molar-refractivity contribution in [2.24, 2.45) is 5.10 Å². The fourth-order valence-electron chi connectivity index (χ4n) is 4.83. The minimum absolute atomic E-state index is 0.125. The number of fused-ring (bicyclic) bond motifs is 1. The zero-order chi connectivity index (χ0) is 33.7. The summed E-state index contributed by atoms with van der Waals surface area (Å²) in [5.41, 5.74) is 2.03. The molecule has 1 heterocycles. The number of halogens is 5. The summed E-state index contributed by atoms with van der Waals surface area (Å²) < 4.78 is 59.1. The molecule has 1 aromatic heterocycles. The monoisotopic (exact) mass is 727 g/mol. The van der Waals surface area contributed by atoms with Crippen molar-refractivity contribution in [1.82, 2.24) is 10.4 Å². The van der Waals surface area contributed by atoms with E-state index in [2.05, 4.69) is 31.4 Å². The van der Waals surface area contributed by atoms with Crippen LogP contribution in [0.4, 0.5) is 13.2 Å². The molecule has 8 nitrogen and oxygen atoms in total. The standard InChI is InChI=1S/C34H26BrClF3N3O5/c1-3-45-27-14-12-19(17-28(27)46-4-2)33(44)47-26-15-13-21(35)16-20(26)18-40-42-32(43)31-29(22-8-5-6-11-25(22)36)23-9-7-10-24(30(23)41-31)34(37,38)39/h5-18,41H,3-4H2,1-2H3,(H,42,43). The maximum Gasteiger partial charge on any atom is 0.418 e. The number of H-pyrrole nitrogens is 1. The Morgan fingerprint density at radius 2 is 1.66 bits per heavy atom. The average Bonchev–Trinajstić information content (AvgIpc) is 3.42. The third-order valence-corrected chi connectivity index (χ3v) is 7.66. The van der Waals surface area contributed by atoms with Crippen LogP contribution < -0.4 is 19.6 Å². The number of hydrazone groups is 1. The summed E-state index contributed by atoms with van der Waals surface area (Å²) in [6, 6.07) is 19.7. The van der Waals surface area contributed by atoms with Gasteiger partial charge in [-0.2, -0.15) is 18.3 Å². The molecule has 5 aromatic rings. The van der Waals surface area contributed by atoms with Crippen molar-refractivity contribution < 1.29 is 37.0 Å². The molecular weight excluding hydrogens is 703 g/mol. The number of nitrogens with one attached hydrogen (secondary N) is 2. The molecule has 4 aromatic carbocycles. The molecule has 5 rings (SSSR count). The van der Waals surface area contributed by atoms with Crippen LogP contribution in [0.3, 0.4) is 0 Å². The molecule has 0 unspecified atom stereocenters. The van der Waals surface area contributed by atoms with Crippen LogP contribution in [0.15, 0.2) is 88.4 Å². The maximum atomic E-state index is 13.9. The lowest BCUT2D eigenvalue weighted by Crippen LogP contribution is -2.19. The van der Waals surface area contributed by atoms with Crippen molar-refractivity contribution in [3.8, 4) is 28.4 Å². The van der Waals surface area contributed by atoms with E-state index >= 15 is 0 Å². The molecule has 0 saturated heterocycles. The minimum atomic E-state index is -4.68. The molecule has 0 bridgehead atoms. The smallest absolute Gasteiger partial charge is 0.418 e. The zero-order valence-corrected chi connectivity index (χ0v) is 27.2. The van der Waals surface area contributed by atoms with Gasteiger partial charge < -0.3 is 19.2 Å². The van der Waals surface area contributed by atoms with Crippen molar-refractivity contribution in [1.29, 1.82) is 0 Å². The highest BCUT2D eigenvalue weighted by atomic mass is 79.9. The van der Waals surface area contributed by atoms with Crippen LogP contribution in [0.2, 0.25) is 5.02 Å². The summed E-state index contributed by atoms with van der Waals surface area (Å²) in [6.45, 7) is 4.42. The van der Waals surface area contributed by atoms with Gasteiger partial charge in [-0.3, -0.25) is 4.79 Å². The first-order valence-corrected chi connectivity index (χ1v) is 15.4. The van der Waals surface area contributed by atoms with Gasteiger partial charge >= 0.3 is 12.1 Å². The van der Waals surface area contributed by atoms with E-state index < -0.39 is 23.6 Å². The van der Waals surface area contributed by atoms with Gasteiger partial charge in [0.1, 0.15) is 11.4 Å². The predicted octanol–water partition coefficient (Wildman–Crippen LogP) is 9.05. The van der Waals surface area contributed by atoms with Crippen LogP contribution in [0.1, 0.15) is 45.8 Å². The number of carbonyl (C=O) groups excluding carboxylic acids is 2. The molecule has 0 aliphatic rings. The number of aromatic amines is 1. The van der Waals surface area contributed by atoms with Crippen molar-refractivity contribution in [2.45, 2.75) is 20.0 Å². The lowest BCUT2D eigenvalue weighted by atomic mass is 10.00. The topological polar surface area (TPSA) is 102 Å². The van der Waals surface area contributed by atoms with Crippen molar-refractivity contribution in [2.75, 3.05) is 13.2 Å². The van der Waals surface area contributed by atoms with Crippen LogP contribution in [0.5, 0.6) is 17.2 Å². The fourth-order valence-corrected chi connectivity index (χ4v) is 5.44. The van der Waals surface area contributed by atoms with E-state index in [1.165, 1.54) is 30.5 Å². The summed E-state index contributed by atoms with van der Waals surface area (Å²) in [6.07, 6.45) is -3.44. The number of hydrogen-bond donors (Lipinski definition) is 2. The van der Waals surface area contributed by atoms with E-state index in [1.807, 2.05) is 13.8 Å². The van der Waals surface area contributed by atoms with Crippen molar-refractivity contribution >= 4 is 56.5 Å². The molecule has 47 heavy (non-hydrogen) atoms. The highest BCUT2D eigenvalue weighted by molar-refractivity contribution is 9.10. The molecule has 0 spiro atoms. The number of esters is 1. The van der Waals surface area contributed by atoms with E-state index in [0.717, 1.165) is 6.07 Å². The summed E-state index contributed by atoms with van der Waals surface area (Å²) in [4.78, 5) is 29.2. The van der Waals surface area contributed by atoms with Crippen LogP contribution >= 0.6 is 27.5 Å². The first-order chi connectivity index (χ1) is 22.5. The number of rotatable bonds is 10. The second-order valence-electron chi connectivity index (χ2n) is 9.88. The number of amides is 1. The third-order valence-electron chi connectivity index (χ3n) is 6.83. The maximum absolute atomic E-state index is 13.9. The summed E-state index contributed by atoms with van der Waals surface area (Å²) >= 11 is 9.78. The number of hydrogen-bond acceptors (Lipinski definition) is 6. The van der Waals surface area contributed by atoms with Crippen molar-refractivity contribution in [3.63, 3.8) is 0 Å². The molecule has 0 aliphatic heterocycles. The number of aromatic nitrogens is 1. The van der Waals surface area contributed by atoms with Gasteiger partial charge in [0.25, 0.3) is 5.91 Å². The lowest BCUT2D eigenvalue weighted by molar-refractivity contribution is -0.136.